The van der Waals surface area contributed by atoms with Crippen molar-refractivity contribution in [2.24, 2.45) is 0 Å². The molecule has 1 amide bonds. The Morgan fingerprint density at radius 3 is 2.30 bits per heavy atom. The number of ether oxygens (including phenoxy) is 2. The molecular weight excluding hydrogens is 340 g/mol. The number of carbonyl (C=O) groups is 1. The lowest BCUT2D eigenvalue weighted by Crippen LogP contribution is -2.43. The zero-order valence-corrected chi connectivity index (χ0v) is 15.2. The molecule has 0 spiro atoms. The van der Waals surface area contributed by atoms with E-state index in [0.29, 0.717) is 5.56 Å². The van der Waals surface area contributed by atoms with Gasteiger partial charge in [-0.25, -0.2) is 0 Å². The topological polar surface area (TPSA) is 50.8 Å². The molecule has 4 rings (SSSR count). The summed E-state index contributed by atoms with van der Waals surface area (Å²) in [6.45, 7) is 0. The molecule has 1 heterocycles. The first-order valence-electron chi connectivity index (χ1n) is 8.69. The largest absolute Gasteiger partial charge is 0.497 e. The molecule has 1 atom stereocenters. The van der Waals surface area contributed by atoms with Crippen LogP contribution in [0.1, 0.15) is 22.1 Å². The number of nitrogens with one attached hydrogen (secondary N) is 1. The Kier molecular flexibility index (Phi) is 4.42. The smallest absolute Gasteiger partial charge is 0.262 e. The summed E-state index contributed by atoms with van der Waals surface area (Å²) in [5, 5.41) is 3.49. The van der Waals surface area contributed by atoms with Crippen LogP contribution in [0.15, 0.2) is 72.8 Å². The SMILES string of the molecule is COc1ccc(N2C(=O)c3ccccc3NC2c2ccccc2OC)cc1. The third-order valence-corrected chi connectivity index (χ3v) is 4.71. The van der Waals surface area contributed by atoms with Crippen LogP contribution < -0.4 is 19.7 Å². The Balaban J connectivity index is 1.86. The number of rotatable bonds is 4. The molecule has 0 radical (unpaired) electrons. The van der Waals surface area contributed by atoms with Gasteiger partial charge >= 0.3 is 0 Å². The average molecular weight is 360 g/mol. The van der Waals surface area contributed by atoms with E-state index in [1.54, 1.807) is 19.1 Å². The fourth-order valence-corrected chi connectivity index (χ4v) is 3.37. The molecule has 0 aliphatic carbocycles. The van der Waals surface area contributed by atoms with E-state index in [4.69, 9.17) is 9.47 Å². The van der Waals surface area contributed by atoms with Crippen LogP contribution in [0.5, 0.6) is 11.5 Å². The maximum atomic E-state index is 13.4. The molecule has 0 aromatic heterocycles. The van der Waals surface area contributed by atoms with E-state index in [0.717, 1.165) is 28.4 Å². The van der Waals surface area contributed by atoms with Gasteiger partial charge in [0.25, 0.3) is 5.91 Å². The lowest BCUT2D eigenvalue weighted by Gasteiger charge is -2.38. The molecule has 0 saturated heterocycles. The summed E-state index contributed by atoms with van der Waals surface area (Å²) in [6.07, 6.45) is -0.392. The van der Waals surface area contributed by atoms with Crippen LogP contribution in [0.2, 0.25) is 0 Å². The van der Waals surface area contributed by atoms with Gasteiger partial charge in [-0.15, -0.1) is 0 Å². The van der Waals surface area contributed by atoms with Gasteiger partial charge in [-0.2, -0.15) is 0 Å². The van der Waals surface area contributed by atoms with Crippen LogP contribution in [-0.4, -0.2) is 20.1 Å². The lowest BCUT2D eigenvalue weighted by atomic mass is 10.0. The number of carbonyl (C=O) groups excluding carboxylic acids is 1. The van der Waals surface area contributed by atoms with E-state index in [1.165, 1.54) is 0 Å². The van der Waals surface area contributed by atoms with Gasteiger partial charge in [0.2, 0.25) is 0 Å². The fraction of sp³-hybridized carbons (Fsp3) is 0.136. The number of fused-ring (bicyclic) bond motifs is 1. The van der Waals surface area contributed by atoms with E-state index in [2.05, 4.69) is 5.32 Å². The zero-order chi connectivity index (χ0) is 18.8. The molecular formula is C22H20N2O3. The fourth-order valence-electron chi connectivity index (χ4n) is 3.37. The van der Waals surface area contributed by atoms with Gasteiger partial charge in [0.1, 0.15) is 17.7 Å². The highest BCUT2D eigenvalue weighted by Crippen LogP contribution is 2.39. The van der Waals surface area contributed by atoms with Crippen molar-refractivity contribution in [1.29, 1.82) is 0 Å². The van der Waals surface area contributed by atoms with Crippen molar-refractivity contribution in [3.8, 4) is 11.5 Å². The first-order valence-corrected chi connectivity index (χ1v) is 8.69. The minimum absolute atomic E-state index is 0.0644. The third-order valence-electron chi connectivity index (χ3n) is 4.71. The summed E-state index contributed by atoms with van der Waals surface area (Å²) >= 11 is 0. The van der Waals surface area contributed by atoms with Crippen molar-refractivity contribution in [3.05, 3.63) is 83.9 Å². The van der Waals surface area contributed by atoms with Crippen molar-refractivity contribution in [3.63, 3.8) is 0 Å². The van der Waals surface area contributed by atoms with Crippen molar-refractivity contribution >= 4 is 17.3 Å². The normalized spacial score (nSPS) is 15.7. The molecule has 0 saturated carbocycles. The zero-order valence-electron chi connectivity index (χ0n) is 15.2. The van der Waals surface area contributed by atoms with Crippen LogP contribution in [0.3, 0.4) is 0 Å². The second-order valence-electron chi connectivity index (χ2n) is 6.21. The molecule has 1 unspecified atom stereocenters. The van der Waals surface area contributed by atoms with Gasteiger partial charge in [0, 0.05) is 16.9 Å². The summed E-state index contributed by atoms with van der Waals surface area (Å²) < 4.78 is 10.8. The Labute approximate surface area is 158 Å². The maximum Gasteiger partial charge on any atom is 0.262 e. The number of nitrogens with zero attached hydrogens (tertiary/aromatic N) is 1. The van der Waals surface area contributed by atoms with E-state index >= 15 is 0 Å². The maximum absolute atomic E-state index is 13.4. The molecule has 5 heteroatoms. The first kappa shape index (κ1) is 17.0. The van der Waals surface area contributed by atoms with Crippen LogP contribution in [0.4, 0.5) is 11.4 Å². The van der Waals surface area contributed by atoms with Gasteiger partial charge < -0.3 is 14.8 Å². The summed E-state index contributed by atoms with van der Waals surface area (Å²) in [4.78, 5) is 15.1. The molecule has 1 aliphatic heterocycles. The predicted octanol–water partition coefficient (Wildman–Crippen LogP) is 4.47. The molecule has 1 aliphatic rings. The quantitative estimate of drug-likeness (QED) is 0.746. The second kappa shape index (κ2) is 7.03. The Morgan fingerprint density at radius 1 is 0.852 bits per heavy atom. The van der Waals surface area contributed by atoms with Crippen LogP contribution >= 0.6 is 0 Å². The molecule has 3 aromatic rings. The summed E-state index contributed by atoms with van der Waals surface area (Å²) in [7, 11) is 3.26. The van der Waals surface area contributed by atoms with Crippen molar-refractivity contribution in [2.45, 2.75) is 6.17 Å². The van der Waals surface area contributed by atoms with Crippen LogP contribution in [0, 0.1) is 0 Å². The Hall–Kier alpha value is -3.47. The number of para-hydroxylation sites is 2. The van der Waals surface area contributed by atoms with E-state index in [9.17, 15) is 4.79 Å². The minimum atomic E-state index is -0.392. The highest BCUT2D eigenvalue weighted by Gasteiger charge is 2.35. The van der Waals surface area contributed by atoms with Gasteiger partial charge in [0.15, 0.2) is 0 Å². The van der Waals surface area contributed by atoms with Gasteiger partial charge in [-0.1, -0.05) is 30.3 Å². The second-order valence-corrected chi connectivity index (χ2v) is 6.21. The first-order chi connectivity index (χ1) is 13.2. The molecule has 0 bridgehead atoms. The highest BCUT2D eigenvalue weighted by atomic mass is 16.5. The highest BCUT2D eigenvalue weighted by molar-refractivity contribution is 6.12. The van der Waals surface area contributed by atoms with Crippen LogP contribution in [0.25, 0.3) is 0 Å². The van der Waals surface area contributed by atoms with E-state index < -0.39 is 6.17 Å². The van der Waals surface area contributed by atoms with Crippen molar-refractivity contribution in [2.75, 3.05) is 24.4 Å². The van der Waals surface area contributed by atoms with Gasteiger partial charge in [-0.05, 0) is 42.5 Å². The molecule has 136 valence electrons. The molecule has 27 heavy (non-hydrogen) atoms. The Bertz CT molecular complexity index is 969. The predicted molar refractivity (Wildman–Crippen MR) is 106 cm³/mol. The number of benzene rings is 3. The average Bonchev–Trinajstić information content (AvgIpc) is 2.74. The number of amides is 1. The van der Waals surface area contributed by atoms with Gasteiger partial charge in [0.05, 0.1) is 19.8 Å². The molecule has 1 N–H and O–H groups in total. The summed E-state index contributed by atoms with van der Waals surface area (Å²) in [6, 6.07) is 22.7. The van der Waals surface area contributed by atoms with E-state index in [-0.39, 0.29) is 5.91 Å². The lowest BCUT2D eigenvalue weighted by molar-refractivity contribution is 0.0974. The van der Waals surface area contributed by atoms with Crippen molar-refractivity contribution < 1.29 is 14.3 Å². The van der Waals surface area contributed by atoms with Gasteiger partial charge in [-0.3, -0.25) is 9.69 Å². The number of hydrogen-bond acceptors (Lipinski definition) is 4. The number of anilines is 2. The van der Waals surface area contributed by atoms with Crippen molar-refractivity contribution in [1.82, 2.24) is 0 Å². The number of methoxy groups -OCH3 is 2. The standard InChI is InChI=1S/C22H20N2O3/c1-26-16-13-11-15(12-14-16)24-21(18-8-4-6-10-20(18)27-2)23-19-9-5-3-7-17(19)22(24)25/h3-14,21,23H,1-2H3. The Morgan fingerprint density at radius 2 is 1.56 bits per heavy atom. The summed E-state index contributed by atoms with van der Waals surface area (Å²) in [5.74, 6) is 1.40. The minimum Gasteiger partial charge on any atom is -0.497 e. The molecule has 0 fully saturated rings. The van der Waals surface area contributed by atoms with E-state index in [1.807, 2.05) is 72.8 Å². The third kappa shape index (κ3) is 2.97. The van der Waals surface area contributed by atoms with Crippen LogP contribution in [-0.2, 0) is 0 Å². The molecule has 5 nitrogen and oxygen atoms in total. The summed E-state index contributed by atoms with van der Waals surface area (Å²) in [5.41, 5.74) is 3.11. The monoisotopic (exact) mass is 360 g/mol. The molecule has 3 aromatic carbocycles. The number of hydrogen-bond donors (Lipinski definition) is 1.